The van der Waals surface area contributed by atoms with Crippen LogP contribution in [0, 0.1) is 34.5 Å². The van der Waals surface area contributed by atoms with Gasteiger partial charge in [-0.1, -0.05) is 96.0 Å². The highest BCUT2D eigenvalue weighted by Crippen LogP contribution is 2.52. The van der Waals surface area contributed by atoms with E-state index in [-0.39, 0.29) is 23.0 Å². The molecule has 0 saturated heterocycles. The van der Waals surface area contributed by atoms with Gasteiger partial charge < -0.3 is 14.2 Å². The molecule has 0 atom stereocenters. The molecule has 0 bridgehead atoms. The maximum absolute atomic E-state index is 8.39. The molecule has 6 aromatic rings. The Morgan fingerprint density at radius 2 is 1.26 bits per heavy atom. The molecule has 3 aliphatic rings. The van der Waals surface area contributed by atoms with E-state index in [4.69, 9.17) is 8.53 Å². The maximum Gasteiger partial charge on any atom is 0.297 e. The Bertz CT molecular complexity index is 2600. The fourth-order valence-electron chi connectivity index (χ4n) is 9.82. The van der Waals surface area contributed by atoms with Crippen LogP contribution in [0.2, 0.25) is 0 Å². The Labute approximate surface area is 321 Å². The summed E-state index contributed by atoms with van der Waals surface area (Å²) in [6, 6.07) is 28.7. The average molecular weight is 700 g/mol. The summed E-state index contributed by atoms with van der Waals surface area (Å²) in [6.45, 7) is 22.7. The summed E-state index contributed by atoms with van der Waals surface area (Å²) in [5, 5.41) is 0.816. The SMILES string of the molecule is [2H]C([2H])([2H])c1ccc2oc3c(c2c1)N(c1ccc(C(C)(C)C)cc1)c1cc(C)cc2c1B3c1cc3c(cc1N2c1c(C)cc(C)cc1C)C(C)(C)CCC3(C)C. The zero-order valence-electron chi connectivity index (χ0n) is 36.3. The quantitative estimate of drug-likeness (QED) is 0.168. The lowest BCUT2D eigenvalue weighted by Gasteiger charge is -2.47. The molecule has 1 aliphatic carbocycles. The Hall–Kier alpha value is -4.70. The highest BCUT2D eigenvalue weighted by atomic mass is 16.3. The molecule has 0 radical (unpaired) electrons. The molecule has 0 amide bonds. The van der Waals surface area contributed by atoms with Crippen LogP contribution < -0.4 is 26.4 Å². The van der Waals surface area contributed by atoms with Gasteiger partial charge in [0.15, 0.2) is 0 Å². The number of aryl methyl sites for hydroxylation is 5. The summed E-state index contributed by atoms with van der Waals surface area (Å²) in [5.74, 6) is 0. The van der Waals surface area contributed by atoms with Gasteiger partial charge in [0, 0.05) is 32.2 Å². The standard InChI is InChI=1S/C49H53BN2O/c1-28-13-18-42-35(23-28)45-46(53-42)50-38-26-36-37(49(11,12)20-19-48(36,9)10)27-39(38)52(44-31(4)21-29(2)22-32(44)5)41-25-30(3)24-40(43(41)50)51(45)34-16-14-33(15-17-34)47(6,7)8/h13-18,21-27H,19-20H2,1-12H3/i1D3. The molecule has 9 rings (SSSR count). The zero-order valence-corrected chi connectivity index (χ0v) is 33.3. The van der Waals surface area contributed by atoms with E-state index < -0.39 is 6.85 Å². The molecule has 0 N–H and O–H groups in total. The Balaban J connectivity index is 1.44. The Morgan fingerprint density at radius 1 is 0.660 bits per heavy atom. The molecule has 0 saturated carbocycles. The molecule has 5 aromatic carbocycles. The van der Waals surface area contributed by atoms with Gasteiger partial charge in [-0.05, 0) is 150 Å². The summed E-state index contributed by atoms with van der Waals surface area (Å²) in [4.78, 5) is 4.91. The lowest BCUT2D eigenvalue weighted by atomic mass is 9.35. The number of nitrogens with zero attached hydrogens (tertiary/aromatic N) is 2. The average Bonchev–Trinajstić information content (AvgIpc) is 3.48. The summed E-state index contributed by atoms with van der Waals surface area (Å²) < 4.78 is 32.3. The highest BCUT2D eigenvalue weighted by molar-refractivity contribution is 7.00. The van der Waals surface area contributed by atoms with Gasteiger partial charge in [-0.15, -0.1) is 0 Å². The summed E-state index contributed by atoms with van der Waals surface area (Å²) >= 11 is 0. The molecule has 0 spiro atoms. The van der Waals surface area contributed by atoms with Crippen molar-refractivity contribution in [3.8, 4) is 0 Å². The van der Waals surface area contributed by atoms with E-state index in [2.05, 4.69) is 147 Å². The van der Waals surface area contributed by atoms with Crippen molar-refractivity contribution >= 4 is 68.4 Å². The first-order valence-electron chi connectivity index (χ1n) is 20.8. The second-order valence-electron chi connectivity index (χ2n) is 18.6. The van der Waals surface area contributed by atoms with E-state index in [1.54, 1.807) is 6.07 Å². The molecule has 2 aliphatic heterocycles. The predicted octanol–water partition coefficient (Wildman–Crippen LogP) is 11.7. The van der Waals surface area contributed by atoms with Crippen LogP contribution in [-0.2, 0) is 16.2 Å². The van der Waals surface area contributed by atoms with Gasteiger partial charge in [0.25, 0.3) is 6.71 Å². The van der Waals surface area contributed by atoms with Crippen molar-refractivity contribution in [1.29, 1.82) is 0 Å². The normalized spacial score (nSPS) is 17.8. The maximum atomic E-state index is 8.39. The van der Waals surface area contributed by atoms with Gasteiger partial charge in [0.05, 0.1) is 17.0 Å². The summed E-state index contributed by atoms with van der Waals surface area (Å²) in [7, 11) is 0. The number of furan rings is 1. The first-order valence-corrected chi connectivity index (χ1v) is 19.3. The van der Waals surface area contributed by atoms with Crippen molar-refractivity contribution in [1.82, 2.24) is 0 Å². The van der Waals surface area contributed by atoms with Gasteiger partial charge >= 0.3 is 0 Å². The number of fused-ring (bicyclic) bond motifs is 7. The van der Waals surface area contributed by atoms with Crippen LogP contribution in [0.5, 0.6) is 0 Å². The predicted molar refractivity (Wildman–Crippen MR) is 228 cm³/mol. The molecule has 0 unspecified atom stereocenters. The lowest BCUT2D eigenvalue weighted by molar-refractivity contribution is 0.332. The zero-order chi connectivity index (χ0) is 40.0. The topological polar surface area (TPSA) is 19.6 Å². The largest absolute Gasteiger partial charge is 0.468 e. The third kappa shape index (κ3) is 5.00. The molecule has 53 heavy (non-hydrogen) atoms. The van der Waals surface area contributed by atoms with Crippen LogP contribution in [0.1, 0.15) is 110 Å². The molecule has 3 nitrogen and oxygen atoms in total. The summed E-state index contributed by atoms with van der Waals surface area (Å²) in [6.07, 6.45) is 2.24. The molecule has 3 heterocycles. The van der Waals surface area contributed by atoms with Gasteiger partial charge in [-0.25, -0.2) is 0 Å². The van der Waals surface area contributed by atoms with E-state index in [9.17, 15) is 0 Å². The first kappa shape index (κ1) is 30.7. The van der Waals surface area contributed by atoms with Crippen LogP contribution in [0.3, 0.4) is 0 Å². The van der Waals surface area contributed by atoms with Gasteiger partial charge in [0.2, 0.25) is 0 Å². The summed E-state index contributed by atoms with van der Waals surface area (Å²) in [5.41, 5.74) is 19.9. The molecular formula is C49H53BN2O. The van der Waals surface area contributed by atoms with Crippen molar-refractivity contribution in [3.63, 3.8) is 0 Å². The molecular weight excluding hydrogens is 643 g/mol. The lowest BCUT2D eigenvalue weighted by Crippen LogP contribution is -2.61. The third-order valence-corrected chi connectivity index (χ3v) is 12.6. The second-order valence-corrected chi connectivity index (χ2v) is 18.6. The number of hydrogen-bond acceptors (Lipinski definition) is 3. The van der Waals surface area contributed by atoms with Gasteiger partial charge in [-0.2, -0.15) is 0 Å². The minimum atomic E-state index is -2.26. The van der Waals surface area contributed by atoms with Gasteiger partial charge in [-0.3, -0.25) is 0 Å². The van der Waals surface area contributed by atoms with E-state index in [0.717, 1.165) is 52.2 Å². The van der Waals surface area contributed by atoms with Crippen LogP contribution in [0.15, 0.2) is 83.3 Å². The number of benzene rings is 5. The van der Waals surface area contributed by atoms with Crippen molar-refractivity contribution in [2.75, 3.05) is 9.80 Å². The monoisotopic (exact) mass is 699 g/mol. The first-order chi connectivity index (χ1) is 26.2. The van der Waals surface area contributed by atoms with E-state index >= 15 is 0 Å². The molecule has 4 heteroatoms. The van der Waals surface area contributed by atoms with Crippen molar-refractivity contribution in [3.05, 3.63) is 123 Å². The highest BCUT2D eigenvalue weighted by Gasteiger charge is 2.49. The molecule has 0 fully saturated rings. The van der Waals surface area contributed by atoms with Gasteiger partial charge in [0.1, 0.15) is 5.58 Å². The molecule has 1 aromatic heterocycles. The smallest absolute Gasteiger partial charge is 0.297 e. The fraction of sp³-hybridized carbons (Fsp3) is 0.347. The minimum Gasteiger partial charge on any atom is -0.468 e. The third-order valence-electron chi connectivity index (χ3n) is 12.6. The number of anilines is 6. The minimum absolute atomic E-state index is 0.00237. The van der Waals surface area contributed by atoms with Crippen molar-refractivity contribution in [2.45, 2.75) is 112 Å². The van der Waals surface area contributed by atoms with E-state index in [1.807, 2.05) is 12.1 Å². The second kappa shape index (κ2) is 11.2. The van der Waals surface area contributed by atoms with Crippen LogP contribution in [-0.4, -0.2) is 6.71 Å². The van der Waals surface area contributed by atoms with E-state index in [0.29, 0.717) is 11.1 Å². The van der Waals surface area contributed by atoms with Crippen molar-refractivity contribution < 1.29 is 8.53 Å². The molecule has 268 valence electrons. The Morgan fingerprint density at radius 3 is 1.89 bits per heavy atom. The van der Waals surface area contributed by atoms with Crippen LogP contribution in [0.25, 0.3) is 11.0 Å². The van der Waals surface area contributed by atoms with Crippen LogP contribution >= 0.6 is 0 Å². The Kier molecular flexibility index (Phi) is 6.48. The fourth-order valence-corrected chi connectivity index (χ4v) is 9.82. The number of hydrogen-bond donors (Lipinski definition) is 0. The van der Waals surface area contributed by atoms with Crippen molar-refractivity contribution in [2.24, 2.45) is 0 Å². The van der Waals surface area contributed by atoms with E-state index in [1.165, 1.54) is 55.7 Å². The van der Waals surface area contributed by atoms with Crippen LogP contribution in [0.4, 0.5) is 34.1 Å². The number of rotatable bonds is 2.